The monoisotopic (exact) mass is 227 g/mol. The highest BCUT2D eigenvalue weighted by molar-refractivity contribution is 5.81. The maximum atomic E-state index is 11.4. The summed E-state index contributed by atoms with van der Waals surface area (Å²) in [7, 11) is 0. The van der Waals surface area contributed by atoms with E-state index in [9.17, 15) is 4.79 Å². The number of carbonyl (C=O) groups is 1. The second kappa shape index (κ2) is 6.36. The van der Waals surface area contributed by atoms with Crippen LogP contribution < -0.4 is 0 Å². The van der Waals surface area contributed by atoms with E-state index in [0.717, 1.165) is 25.9 Å². The molecule has 0 atom stereocenters. The second-order valence-corrected chi connectivity index (χ2v) is 5.26. The first-order chi connectivity index (χ1) is 7.50. The van der Waals surface area contributed by atoms with Crippen LogP contribution in [0.1, 0.15) is 40.5 Å². The average Bonchev–Trinajstić information content (AvgIpc) is 2.26. The van der Waals surface area contributed by atoms with E-state index >= 15 is 0 Å². The number of rotatable bonds is 5. The van der Waals surface area contributed by atoms with E-state index in [1.807, 2.05) is 13.8 Å². The van der Waals surface area contributed by atoms with Gasteiger partial charge in [-0.1, -0.05) is 13.8 Å². The topological polar surface area (TPSA) is 29.5 Å². The Balaban J connectivity index is 2.20. The molecule has 0 aliphatic carbocycles. The number of hydrogen-bond acceptors (Lipinski definition) is 3. The van der Waals surface area contributed by atoms with Crippen molar-refractivity contribution in [2.75, 3.05) is 19.7 Å². The highest BCUT2D eigenvalue weighted by atomic mass is 16.5. The minimum atomic E-state index is 0.0933. The minimum Gasteiger partial charge on any atom is -0.370 e. The van der Waals surface area contributed by atoms with Crippen LogP contribution in [0.25, 0.3) is 0 Å². The first-order valence-corrected chi connectivity index (χ1v) is 6.39. The Bertz CT molecular complexity index is 218. The predicted octanol–water partition coefficient (Wildman–Crippen LogP) is 2.10. The lowest BCUT2D eigenvalue weighted by Crippen LogP contribution is -2.41. The summed E-state index contributed by atoms with van der Waals surface area (Å²) in [6.45, 7) is 10.8. The fraction of sp³-hybridized carbons (Fsp3) is 0.923. The number of ketones is 1. The molecule has 1 heterocycles. The third kappa shape index (κ3) is 4.22. The molecule has 1 rings (SSSR count). The number of nitrogens with zero attached hydrogens (tertiary/aromatic N) is 1. The number of carbonyl (C=O) groups excluding carboxylic acids is 1. The van der Waals surface area contributed by atoms with E-state index < -0.39 is 0 Å². The molecule has 0 aromatic rings. The van der Waals surface area contributed by atoms with Gasteiger partial charge in [0.05, 0.1) is 6.10 Å². The molecule has 0 saturated carbocycles. The van der Waals surface area contributed by atoms with Crippen molar-refractivity contribution >= 4 is 5.78 Å². The lowest BCUT2D eigenvalue weighted by Gasteiger charge is -2.34. The van der Waals surface area contributed by atoms with Gasteiger partial charge in [0.25, 0.3) is 0 Å². The van der Waals surface area contributed by atoms with Gasteiger partial charge in [-0.2, -0.15) is 0 Å². The summed E-state index contributed by atoms with van der Waals surface area (Å²) in [6.07, 6.45) is 2.41. The lowest BCUT2D eigenvalue weighted by molar-refractivity contribution is -0.129. The molecule has 0 radical (unpaired) electrons. The number of ether oxygens (including phenoxy) is 1. The van der Waals surface area contributed by atoms with E-state index in [0.29, 0.717) is 12.6 Å². The number of piperidine rings is 1. The molecular formula is C13H25NO2. The summed E-state index contributed by atoms with van der Waals surface area (Å²) in [5.74, 6) is 0.307. The van der Waals surface area contributed by atoms with Crippen molar-refractivity contribution in [3.05, 3.63) is 0 Å². The standard InChI is InChI=1S/C13H25NO2/c1-10(2)13(15)9-16-12-5-7-14(8-6-12)11(3)4/h10-12H,5-9H2,1-4H3. The minimum absolute atomic E-state index is 0.0933. The van der Waals surface area contributed by atoms with Crippen molar-refractivity contribution in [3.8, 4) is 0 Å². The molecule has 3 heteroatoms. The van der Waals surface area contributed by atoms with Crippen molar-refractivity contribution < 1.29 is 9.53 Å². The van der Waals surface area contributed by atoms with Gasteiger partial charge in [0.1, 0.15) is 6.61 Å². The summed E-state index contributed by atoms with van der Waals surface area (Å²) >= 11 is 0. The highest BCUT2D eigenvalue weighted by Crippen LogP contribution is 2.15. The molecule has 0 unspecified atom stereocenters. The van der Waals surface area contributed by atoms with Gasteiger partial charge in [0.15, 0.2) is 5.78 Å². The van der Waals surface area contributed by atoms with Crippen LogP contribution in [0.15, 0.2) is 0 Å². The quantitative estimate of drug-likeness (QED) is 0.720. The Labute approximate surface area is 99.1 Å². The van der Waals surface area contributed by atoms with Crippen LogP contribution in [0.5, 0.6) is 0 Å². The van der Waals surface area contributed by atoms with Crippen molar-refractivity contribution in [2.45, 2.75) is 52.7 Å². The summed E-state index contributed by atoms with van der Waals surface area (Å²) in [4.78, 5) is 13.9. The van der Waals surface area contributed by atoms with Crippen LogP contribution in [0, 0.1) is 5.92 Å². The fourth-order valence-corrected chi connectivity index (χ4v) is 1.93. The SMILES string of the molecule is CC(C)C(=O)COC1CCN(C(C)C)CC1. The van der Waals surface area contributed by atoms with Gasteiger partial charge < -0.3 is 9.64 Å². The zero-order chi connectivity index (χ0) is 12.1. The van der Waals surface area contributed by atoms with Gasteiger partial charge in [-0.3, -0.25) is 4.79 Å². The third-order valence-corrected chi connectivity index (χ3v) is 3.31. The third-order valence-electron chi connectivity index (χ3n) is 3.31. The molecule has 0 aromatic carbocycles. The molecule has 0 aromatic heterocycles. The van der Waals surface area contributed by atoms with Gasteiger partial charge >= 0.3 is 0 Å². The van der Waals surface area contributed by atoms with Crippen LogP contribution in [0.3, 0.4) is 0 Å². The largest absolute Gasteiger partial charge is 0.370 e. The second-order valence-electron chi connectivity index (χ2n) is 5.26. The molecule has 1 saturated heterocycles. The van der Waals surface area contributed by atoms with E-state index in [1.165, 1.54) is 0 Å². The van der Waals surface area contributed by atoms with Crippen molar-refractivity contribution in [1.29, 1.82) is 0 Å². The van der Waals surface area contributed by atoms with Crippen molar-refractivity contribution in [1.82, 2.24) is 4.90 Å². The van der Waals surface area contributed by atoms with Gasteiger partial charge in [-0.25, -0.2) is 0 Å². The molecule has 3 nitrogen and oxygen atoms in total. The van der Waals surface area contributed by atoms with Crippen LogP contribution in [0.2, 0.25) is 0 Å². The zero-order valence-corrected chi connectivity index (χ0v) is 11.0. The summed E-state index contributed by atoms with van der Waals surface area (Å²) in [5, 5.41) is 0. The normalized spacial score (nSPS) is 19.6. The van der Waals surface area contributed by atoms with Crippen molar-refractivity contribution in [2.24, 2.45) is 5.92 Å². The average molecular weight is 227 g/mol. The molecule has 1 aliphatic rings. The Morgan fingerprint density at radius 3 is 2.25 bits per heavy atom. The summed E-state index contributed by atoms with van der Waals surface area (Å²) < 4.78 is 5.66. The van der Waals surface area contributed by atoms with Gasteiger partial charge in [-0.15, -0.1) is 0 Å². The molecule has 94 valence electrons. The molecule has 0 N–H and O–H groups in total. The smallest absolute Gasteiger partial charge is 0.160 e. The van der Waals surface area contributed by atoms with Gasteiger partial charge in [0, 0.05) is 25.0 Å². The van der Waals surface area contributed by atoms with Crippen LogP contribution in [-0.2, 0) is 9.53 Å². The Morgan fingerprint density at radius 1 is 1.25 bits per heavy atom. The van der Waals surface area contributed by atoms with Crippen molar-refractivity contribution in [3.63, 3.8) is 0 Å². The highest BCUT2D eigenvalue weighted by Gasteiger charge is 2.22. The van der Waals surface area contributed by atoms with E-state index in [-0.39, 0.29) is 17.8 Å². The molecule has 0 bridgehead atoms. The van der Waals surface area contributed by atoms with Gasteiger partial charge in [-0.05, 0) is 26.7 Å². The molecular weight excluding hydrogens is 202 g/mol. The molecule has 0 spiro atoms. The van der Waals surface area contributed by atoms with E-state index in [2.05, 4.69) is 18.7 Å². The number of Topliss-reactive ketones (excluding diaryl/α,β-unsaturated/α-hetero) is 1. The first-order valence-electron chi connectivity index (χ1n) is 6.39. The maximum Gasteiger partial charge on any atom is 0.160 e. The van der Waals surface area contributed by atoms with Crippen LogP contribution >= 0.6 is 0 Å². The number of likely N-dealkylation sites (tertiary alicyclic amines) is 1. The van der Waals surface area contributed by atoms with Crippen LogP contribution in [0.4, 0.5) is 0 Å². The molecule has 1 fully saturated rings. The molecule has 0 amide bonds. The Morgan fingerprint density at radius 2 is 1.81 bits per heavy atom. The van der Waals surface area contributed by atoms with Crippen LogP contribution in [-0.4, -0.2) is 42.5 Å². The lowest BCUT2D eigenvalue weighted by atomic mass is 10.1. The number of hydrogen-bond donors (Lipinski definition) is 0. The predicted molar refractivity (Wildman–Crippen MR) is 65.5 cm³/mol. The zero-order valence-electron chi connectivity index (χ0n) is 11.0. The molecule has 16 heavy (non-hydrogen) atoms. The Kier molecular flexibility index (Phi) is 5.42. The van der Waals surface area contributed by atoms with E-state index in [1.54, 1.807) is 0 Å². The first kappa shape index (κ1) is 13.7. The van der Waals surface area contributed by atoms with E-state index in [4.69, 9.17) is 4.74 Å². The fourth-order valence-electron chi connectivity index (χ4n) is 1.93. The Hall–Kier alpha value is -0.410. The maximum absolute atomic E-state index is 11.4. The molecule has 1 aliphatic heterocycles. The summed E-state index contributed by atoms with van der Waals surface area (Å²) in [6, 6.07) is 0.623. The van der Waals surface area contributed by atoms with Gasteiger partial charge in [0.2, 0.25) is 0 Å². The summed E-state index contributed by atoms with van der Waals surface area (Å²) in [5.41, 5.74) is 0.